The molecule has 1 unspecified atom stereocenters. The SMILES string of the molecule is CCC(C)CCCCCCCCC(=O)O[C@@H](COC(=O)CCCCCCCCCCC(C)C)COC(=O)CCCCCCCCCC(C)C. The molecule has 0 aliphatic carbocycles. The van der Waals surface area contributed by atoms with E-state index in [4.69, 9.17) is 14.2 Å². The first-order valence-corrected chi connectivity index (χ1v) is 21.1. The van der Waals surface area contributed by atoms with E-state index in [0.29, 0.717) is 19.3 Å². The van der Waals surface area contributed by atoms with Gasteiger partial charge >= 0.3 is 17.9 Å². The van der Waals surface area contributed by atoms with Gasteiger partial charge in [-0.1, -0.05) is 183 Å². The molecule has 0 spiro atoms. The molecule has 6 nitrogen and oxygen atoms in total. The van der Waals surface area contributed by atoms with E-state index in [1.807, 2.05) is 0 Å². The third kappa shape index (κ3) is 36.0. The highest BCUT2D eigenvalue weighted by atomic mass is 16.6. The molecular weight excluding hydrogens is 612 g/mol. The summed E-state index contributed by atoms with van der Waals surface area (Å²) in [6, 6.07) is 0. The molecule has 0 saturated heterocycles. The van der Waals surface area contributed by atoms with Crippen molar-refractivity contribution in [3.63, 3.8) is 0 Å². The van der Waals surface area contributed by atoms with Crippen LogP contribution < -0.4 is 0 Å². The topological polar surface area (TPSA) is 78.9 Å². The summed E-state index contributed by atoms with van der Waals surface area (Å²) in [6.45, 7) is 13.5. The molecular formula is C43H82O6. The van der Waals surface area contributed by atoms with Crippen molar-refractivity contribution >= 4 is 17.9 Å². The number of esters is 3. The number of ether oxygens (including phenoxy) is 3. The number of hydrogen-bond acceptors (Lipinski definition) is 6. The number of unbranched alkanes of at least 4 members (excludes halogenated alkanes) is 18. The van der Waals surface area contributed by atoms with Crippen molar-refractivity contribution in [1.82, 2.24) is 0 Å². The summed E-state index contributed by atoms with van der Waals surface area (Å²) in [4.78, 5) is 37.5. The van der Waals surface area contributed by atoms with Gasteiger partial charge in [0.2, 0.25) is 0 Å². The Morgan fingerprint density at radius 2 is 0.714 bits per heavy atom. The minimum Gasteiger partial charge on any atom is -0.462 e. The molecule has 0 N–H and O–H groups in total. The Kier molecular flexibility index (Phi) is 33.7. The Balaban J connectivity index is 4.37. The lowest BCUT2D eigenvalue weighted by atomic mass is 10.00. The second-order valence-corrected chi connectivity index (χ2v) is 15.8. The normalized spacial score (nSPS) is 12.7. The van der Waals surface area contributed by atoms with Crippen molar-refractivity contribution < 1.29 is 28.6 Å². The van der Waals surface area contributed by atoms with Crippen LogP contribution in [0.5, 0.6) is 0 Å². The predicted octanol–water partition coefficient (Wildman–Crippen LogP) is 12.9. The molecule has 49 heavy (non-hydrogen) atoms. The number of hydrogen-bond donors (Lipinski definition) is 0. The van der Waals surface area contributed by atoms with Crippen molar-refractivity contribution in [3.05, 3.63) is 0 Å². The van der Waals surface area contributed by atoms with E-state index in [2.05, 4.69) is 41.5 Å². The van der Waals surface area contributed by atoms with Crippen LogP contribution >= 0.6 is 0 Å². The second kappa shape index (κ2) is 34.8. The zero-order valence-electron chi connectivity index (χ0n) is 33.5. The average Bonchev–Trinajstić information content (AvgIpc) is 3.06. The number of carbonyl (C=O) groups is 3. The first kappa shape index (κ1) is 47.4. The highest BCUT2D eigenvalue weighted by molar-refractivity contribution is 5.71. The van der Waals surface area contributed by atoms with E-state index < -0.39 is 6.10 Å². The number of rotatable bonds is 36. The van der Waals surface area contributed by atoms with Gasteiger partial charge in [-0.3, -0.25) is 14.4 Å². The van der Waals surface area contributed by atoms with Crippen molar-refractivity contribution in [2.75, 3.05) is 13.2 Å². The van der Waals surface area contributed by atoms with Gasteiger partial charge in [0.05, 0.1) is 0 Å². The lowest BCUT2D eigenvalue weighted by Crippen LogP contribution is -2.30. The van der Waals surface area contributed by atoms with Crippen LogP contribution in [0.25, 0.3) is 0 Å². The lowest BCUT2D eigenvalue weighted by Gasteiger charge is -2.18. The van der Waals surface area contributed by atoms with Crippen molar-refractivity contribution in [1.29, 1.82) is 0 Å². The second-order valence-electron chi connectivity index (χ2n) is 15.8. The summed E-state index contributed by atoms with van der Waals surface area (Å²) in [5.74, 6) is 1.51. The van der Waals surface area contributed by atoms with E-state index >= 15 is 0 Å². The summed E-state index contributed by atoms with van der Waals surface area (Å²) >= 11 is 0. The standard InChI is InChI=1S/C43H82O6/c1-7-39(6)31-25-19-15-16-22-28-34-43(46)49-40(36-48-42(45)33-27-21-14-10-12-18-24-30-38(4)5)35-47-41(44)32-26-20-13-9-8-11-17-23-29-37(2)3/h37-40H,7-36H2,1-6H3/t39?,40-/m0/s1. The molecule has 6 heteroatoms. The summed E-state index contributed by atoms with van der Waals surface area (Å²) in [7, 11) is 0. The van der Waals surface area contributed by atoms with Crippen LogP contribution in [0.15, 0.2) is 0 Å². The minimum absolute atomic E-state index is 0.0682. The van der Waals surface area contributed by atoms with Crippen molar-refractivity contribution in [3.8, 4) is 0 Å². The molecule has 0 heterocycles. The third-order valence-electron chi connectivity index (χ3n) is 9.76. The molecule has 0 aliphatic rings. The van der Waals surface area contributed by atoms with Gasteiger partial charge in [0.1, 0.15) is 13.2 Å². The van der Waals surface area contributed by atoms with Crippen LogP contribution in [0.3, 0.4) is 0 Å². The fourth-order valence-corrected chi connectivity index (χ4v) is 6.14. The van der Waals surface area contributed by atoms with Crippen molar-refractivity contribution in [2.45, 2.75) is 227 Å². The van der Waals surface area contributed by atoms with E-state index in [1.165, 1.54) is 103 Å². The Hall–Kier alpha value is -1.59. The van der Waals surface area contributed by atoms with Gasteiger partial charge in [-0.15, -0.1) is 0 Å². The monoisotopic (exact) mass is 695 g/mol. The molecule has 0 rings (SSSR count). The zero-order chi connectivity index (χ0) is 36.4. The van der Waals surface area contributed by atoms with Crippen LogP contribution in [0.2, 0.25) is 0 Å². The van der Waals surface area contributed by atoms with Gasteiger partial charge in [0.15, 0.2) is 6.10 Å². The fraction of sp³-hybridized carbons (Fsp3) is 0.930. The molecule has 0 saturated carbocycles. The maximum absolute atomic E-state index is 12.6. The maximum atomic E-state index is 12.6. The quantitative estimate of drug-likeness (QED) is 0.0369. The lowest BCUT2D eigenvalue weighted by molar-refractivity contribution is -0.167. The Morgan fingerprint density at radius 3 is 1.06 bits per heavy atom. The maximum Gasteiger partial charge on any atom is 0.306 e. The van der Waals surface area contributed by atoms with Gasteiger partial charge in [0.25, 0.3) is 0 Å². The van der Waals surface area contributed by atoms with E-state index in [1.54, 1.807) is 0 Å². The smallest absolute Gasteiger partial charge is 0.306 e. The Labute approximate surface area is 304 Å². The van der Waals surface area contributed by atoms with Crippen LogP contribution in [0.4, 0.5) is 0 Å². The fourth-order valence-electron chi connectivity index (χ4n) is 6.14. The van der Waals surface area contributed by atoms with Crippen LogP contribution in [-0.2, 0) is 28.6 Å². The largest absolute Gasteiger partial charge is 0.462 e. The molecule has 0 bridgehead atoms. The molecule has 2 atom stereocenters. The molecule has 0 aromatic rings. The van der Waals surface area contributed by atoms with E-state index in [-0.39, 0.29) is 31.1 Å². The zero-order valence-corrected chi connectivity index (χ0v) is 33.5. The molecule has 0 fully saturated rings. The van der Waals surface area contributed by atoms with Crippen LogP contribution in [-0.4, -0.2) is 37.2 Å². The van der Waals surface area contributed by atoms with Crippen molar-refractivity contribution in [2.24, 2.45) is 17.8 Å². The van der Waals surface area contributed by atoms with Gasteiger partial charge in [-0.25, -0.2) is 0 Å². The summed E-state index contributed by atoms with van der Waals surface area (Å²) < 4.78 is 16.6. The number of carbonyl (C=O) groups excluding carboxylic acids is 3. The summed E-state index contributed by atoms with van der Waals surface area (Å²) in [5.41, 5.74) is 0. The predicted molar refractivity (Wildman–Crippen MR) is 206 cm³/mol. The first-order valence-electron chi connectivity index (χ1n) is 21.1. The molecule has 0 radical (unpaired) electrons. The third-order valence-corrected chi connectivity index (χ3v) is 9.76. The highest BCUT2D eigenvalue weighted by Crippen LogP contribution is 2.17. The molecule has 0 aromatic heterocycles. The molecule has 0 amide bonds. The van der Waals surface area contributed by atoms with Crippen LogP contribution in [0.1, 0.15) is 221 Å². The summed E-state index contributed by atoms with van der Waals surface area (Å²) in [5, 5.41) is 0. The van der Waals surface area contributed by atoms with Gasteiger partial charge in [-0.2, -0.15) is 0 Å². The minimum atomic E-state index is -0.762. The van der Waals surface area contributed by atoms with E-state index in [0.717, 1.165) is 75.5 Å². The van der Waals surface area contributed by atoms with Gasteiger partial charge < -0.3 is 14.2 Å². The first-order chi connectivity index (χ1) is 23.6. The van der Waals surface area contributed by atoms with Crippen LogP contribution in [0, 0.1) is 17.8 Å². The van der Waals surface area contributed by atoms with Gasteiger partial charge in [-0.05, 0) is 37.0 Å². The molecule has 0 aromatic carbocycles. The Bertz CT molecular complexity index is 763. The summed E-state index contributed by atoms with van der Waals surface area (Å²) in [6.07, 6.45) is 29.6. The molecule has 0 aliphatic heterocycles. The Morgan fingerprint density at radius 1 is 0.408 bits per heavy atom. The molecule has 290 valence electrons. The highest BCUT2D eigenvalue weighted by Gasteiger charge is 2.19. The van der Waals surface area contributed by atoms with E-state index in [9.17, 15) is 14.4 Å². The average molecular weight is 695 g/mol. The van der Waals surface area contributed by atoms with Gasteiger partial charge in [0, 0.05) is 19.3 Å².